The number of aromatic nitrogens is 5. The molecule has 0 aliphatic carbocycles. The number of halogens is 1. The number of nitrogens with one attached hydrogen (secondary N) is 1. The molecule has 0 saturated carbocycles. The van der Waals surface area contributed by atoms with E-state index in [-0.39, 0.29) is 11.7 Å². The Hall–Kier alpha value is -3.40. The van der Waals surface area contributed by atoms with Gasteiger partial charge in [-0.05, 0) is 68.7 Å². The average molecular weight is 497 g/mol. The number of carbonyl (C=O) groups excluding carboxylic acids is 1. The first kappa shape index (κ1) is 24.7. The maximum Gasteiger partial charge on any atom is 0.232 e. The minimum Gasteiger partial charge on any atom is -0.461 e. The monoisotopic (exact) mass is 496 g/mol. The first-order chi connectivity index (χ1) is 17.0. The summed E-state index contributed by atoms with van der Waals surface area (Å²) in [6.45, 7) is 3.42. The van der Waals surface area contributed by atoms with Gasteiger partial charge in [0.25, 0.3) is 0 Å². The highest BCUT2D eigenvalue weighted by atomic mass is 32.2. The largest absolute Gasteiger partial charge is 0.461 e. The Kier molecular flexibility index (Phi) is 8.36. The normalized spacial score (nSPS) is 11.2. The molecule has 1 amide bonds. The summed E-state index contributed by atoms with van der Waals surface area (Å²) in [6.07, 6.45) is 5.42. The van der Waals surface area contributed by atoms with E-state index >= 15 is 0 Å². The summed E-state index contributed by atoms with van der Waals surface area (Å²) in [6, 6.07) is 12.0. The number of thioether (sulfide) groups is 1. The van der Waals surface area contributed by atoms with Crippen molar-refractivity contribution in [2.24, 2.45) is 0 Å². The van der Waals surface area contributed by atoms with E-state index in [1.165, 1.54) is 23.9 Å². The van der Waals surface area contributed by atoms with Gasteiger partial charge in [0.1, 0.15) is 5.82 Å². The van der Waals surface area contributed by atoms with Crippen molar-refractivity contribution in [3.05, 3.63) is 60.2 Å². The van der Waals surface area contributed by atoms with E-state index in [1.807, 2.05) is 36.7 Å². The molecule has 0 bridgehead atoms. The zero-order valence-electron chi connectivity index (χ0n) is 19.9. The molecule has 1 N–H and O–H groups in total. The lowest BCUT2D eigenvalue weighted by atomic mass is 10.1. The number of aromatic amines is 1. The highest BCUT2D eigenvalue weighted by Gasteiger charge is 2.17. The zero-order valence-corrected chi connectivity index (χ0v) is 20.7. The SMILES string of the molecule is CCn1c(SCC(=O)N(C)CCCCCc2cc(-c3ccc(F)cc3)n[nH]2)nnc1-c1ccco1. The number of amides is 1. The molecule has 3 heterocycles. The lowest BCUT2D eigenvalue weighted by molar-refractivity contribution is -0.127. The molecule has 0 aliphatic heterocycles. The van der Waals surface area contributed by atoms with Crippen molar-refractivity contribution in [1.82, 2.24) is 29.9 Å². The van der Waals surface area contributed by atoms with E-state index in [9.17, 15) is 9.18 Å². The van der Waals surface area contributed by atoms with Gasteiger partial charge in [-0.3, -0.25) is 14.5 Å². The Morgan fingerprint density at radius 1 is 1.17 bits per heavy atom. The van der Waals surface area contributed by atoms with Crippen molar-refractivity contribution in [3.63, 3.8) is 0 Å². The standard InChI is InChI=1S/C25H29FN6O2S/c1-3-32-24(22-9-7-15-34-22)29-30-25(32)35-17-23(33)31(2)14-6-4-5-8-20-16-21(28-27-20)18-10-12-19(26)13-11-18/h7,9-13,15-16H,3-6,8,14,17H2,1-2H3,(H,27,28). The molecule has 184 valence electrons. The summed E-state index contributed by atoms with van der Waals surface area (Å²) < 4.78 is 20.5. The third-order valence-electron chi connectivity index (χ3n) is 5.74. The fraction of sp³-hybridized carbons (Fsp3) is 0.360. The lowest BCUT2D eigenvalue weighted by Crippen LogP contribution is -2.29. The van der Waals surface area contributed by atoms with Crippen LogP contribution in [0.25, 0.3) is 22.8 Å². The Morgan fingerprint density at radius 2 is 2.00 bits per heavy atom. The van der Waals surface area contributed by atoms with Crippen molar-refractivity contribution in [2.75, 3.05) is 19.3 Å². The van der Waals surface area contributed by atoms with E-state index in [4.69, 9.17) is 4.42 Å². The smallest absolute Gasteiger partial charge is 0.232 e. The lowest BCUT2D eigenvalue weighted by Gasteiger charge is -2.16. The first-order valence-electron chi connectivity index (χ1n) is 11.7. The van der Waals surface area contributed by atoms with Crippen molar-refractivity contribution in [2.45, 2.75) is 44.3 Å². The van der Waals surface area contributed by atoms with Crippen LogP contribution in [-0.2, 0) is 17.8 Å². The van der Waals surface area contributed by atoms with Gasteiger partial charge in [-0.1, -0.05) is 18.2 Å². The van der Waals surface area contributed by atoms with E-state index in [0.717, 1.165) is 42.6 Å². The zero-order chi connectivity index (χ0) is 24.6. The van der Waals surface area contributed by atoms with Crippen LogP contribution in [0.5, 0.6) is 0 Å². The van der Waals surface area contributed by atoms with E-state index in [1.54, 1.807) is 23.3 Å². The number of hydrogen-bond donors (Lipinski definition) is 1. The number of rotatable bonds is 12. The molecule has 0 unspecified atom stereocenters. The first-order valence-corrected chi connectivity index (χ1v) is 12.7. The molecule has 4 aromatic rings. The van der Waals surface area contributed by atoms with Gasteiger partial charge in [0.2, 0.25) is 5.91 Å². The van der Waals surface area contributed by atoms with Crippen LogP contribution >= 0.6 is 11.8 Å². The fourth-order valence-corrected chi connectivity index (χ4v) is 4.67. The Bertz CT molecular complexity index is 1220. The van der Waals surface area contributed by atoms with Gasteiger partial charge in [0.15, 0.2) is 16.7 Å². The molecule has 0 fully saturated rings. The van der Waals surface area contributed by atoms with Gasteiger partial charge < -0.3 is 9.32 Å². The van der Waals surface area contributed by atoms with Crippen LogP contribution in [0.15, 0.2) is 58.3 Å². The number of carbonyl (C=O) groups is 1. The fourth-order valence-electron chi connectivity index (χ4n) is 3.73. The van der Waals surface area contributed by atoms with Crippen LogP contribution < -0.4 is 0 Å². The van der Waals surface area contributed by atoms with E-state index in [0.29, 0.717) is 35.6 Å². The molecule has 0 saturated heterocycles. The molecular weight excluding hydrogens is 467 g/mol. The van der Waals surface area contributed by atoms with Crippen LogP contribution in [0.4, 0.5) is 4.39 Å². The van der Waals surface area contributed by atoms with Crippen molar-refractivity contribution >= 4 is 17.7 Å². The highest BCUT2D eigenvalue weighted by Crippen LogP contribution is 2.24. The molecule has 0 radical (unpaired) electrons. The maximum absolute atomic E-state index is 13.1. The Balaban J connectivity index is 1.16. The molecule has 4 rings (SSSR count). The number of H-pyrrole nitrogens is 1. The van der Waals surface area contributed by atoms with Crippen molar-refractivity contribution in [1.29, 1.82) is 0 Å². The summed E-state index contributed by atoms with van der Waals surface area (Å²) in [5.74, 6) is 1.46. The number of hydrogen-bond acceptors (Lipinski definition) is 6. The van der Waals surface area contributed by atoms with Crippen LogP contribution in [0, 0.1) is 5.82 Å². The van der Waals surface area contributed by atoms with Crippen LogP contribution in [0.2, 0.25) is 0 Å². The topological polar surface area (TPSA) is 92.8 Å². The van der Waals surface area contributed by atoms with Gasteiger partial charge in [0.05, 0.1) is 17.7 Å². The quantitative estimate of drug-likeness (QED) is 0.218. The highest BCUT2D eigenvalue weighted by molar-refractivity contribution is 7.99. The predicted octanol–water partition coefficient (Wildman–Crippen LogP) is 5.05. The molecule has 3 aromatic heterocycles. The predicted molar refractivity (Wildman–Crippen MR) is 133 cm³/mol. The summed E-state index contributed by atoms with van der Waals surface area (Å²) in [4.78, 5) is 14.4. The van der Waals surface area contributed by atoms with Gasteiger partial charge in [0, 0.05) is 31.4 Å². The number of unbranched alkanes of at least 4 members (excludes halogenated alkanes) is 2. The van der Waals surface area contributed by atoms with Gasteiger partial charge in [-0.15, -0.1) is 10.2 Å². The molecule has 0 spiro atoms. The minimum atomic E-state index is -0.255. The molecule has 0 aliphatic rings. The summed E-state index contributed by atoms with van der Waals surface area (Å²) in [5, 5.41) is 16.5. The second-order valence-corrected chi connectivity index (χ2v) is 9.17. The summed E-state index contributed by atoms with van der Waals surface area (Å²) in [5.41, 5.74) is 2.76. The average Bonchev–Trinajstić information content (AvgIpc) is 3.63. The minimum absolute atomic E-state index is 0.0673. The van der Waals surface area contributed by atoms with Gasteiger partial charge in [-0.2, -0.15) is 5.10 Å². The number of furan rings is 1. The van der Waals surface area contributed by atoms with E-state index in [2.05, 4.69) is 20.4 Å². The molecule has 10 heteroatoms. The number of nitrogens with zero attached hydrogens (tertiary/aromatic N) is 5. The molecule has 1 aromatic carbocycles. The second kappa shape index (κ2) is 11.8. The summed E-state index contributed by atoms with van der Waals surface area (Å²) in [7, 11) is 1.84. The van der Waals surface area contributed by atoms with Gasteiger partial charge >= 0.3 is 0 Å². The molecular formula is C25H29FN6O2S. The Morgan fingerprint density at radius 3 is 2.74 bits per heavy atom. The Labute approximate surface area is 207 Å². The van der Waals surface area contributed by atoms with Crippen molar-refractivity contribution < 1.29 is 13.6 Å². The molecule has 8 nitrogen and oxygen atoms in total. The number of benzene rings is 1. The third kappa shape index (κ3) is 6.39. The number of aryl methyl sites for hydroxylation is 1. The molecule has 35 heavy (non-hydrogen) atoms. The van der Waals surface area contributed by atoms with Crippen molar-refractivity contribution in [3.8, 4) is 22.8 Å². The van der Waals surface area contributed by atoms with Gasteiger partial charge in [-0.25, -0.2) is 4.39 Å². The van der Waals surface area contributed by atoms with Crippen LogP contribution in [0.3, 0.4) is 0 Å². The molecule has 0 atom stereocenters. The van der Waals surface area contributed by atoms with Crippen LogP contribution in [-0.4, -0.2) is 55.1 Å². The maximum atomic E-state index is 13.1. The van der Waals surface area contributed by atoms with Crippen LogP contribution in [0.1, 0.15) is 31.9 Å². The summed E-state index contributed by atoms with van der Waals surface area (Å²) >= 11 is 1.39. The third-order valence-corrected chi connectivity index (χ3v) is 6.69. The van der Waals surface area contributed by atoms with E-state index < -0.39 is 0 Å². The second-order valence-electron chi connectivity index (χ2n) is 8.23.